The number of aliphatic carboxylic acids is 2. The van der Waals surface area contributed by atoms with Crippen LogP contribution in [0.5, 0.6) is 0 Å². The highest BCUT2D eigenvalue weighted by atomic mass is 16.6. The Labute approximate surface area is 139 Å². The van der Waals surface area contributed by atoms with Crippen molar-refractivity contribution in [1.82, 2.24) is 4.90 Å². The summed E-state index contributed by atoms with van der Waals surface area (Å²) in [5.41, 5.74) is 5.23. The number of hydrogen-bond donors (Lipinski definition) is 3. The molecular weight excluding hydrogens is 324 g/mol. The second-order valence-corrected chi connectivity index (χ2v) is 6.12. The SMILES string of the molecule is COC(=O)C1CCC(N)CN1C(=O)OC(C)(C)C.O=C(O)C(=O)O. The average molecular weight is 348 g/mol. The first-order valence-electron chi connectivity index (χ1n) is 7.18. The van der Waals surface area contributed by atoms with E-state index in [0.29, 0.717) is 19.4 Å². The van der Waals surface area contributed by atoms with Crippen molar-refractivity contribution in [3.05, 3.63) is 0 Å². The fourth-order valence-corrected chi connectivity index (χ4v) is 1.90. The van der Waals surface area contributed by atoms with Gasteiger partial charge in [0.05, 0.1) is 7.11 Å². The van der Waals surface area contributed by atoms with E-state index in [1.807, 2.05) is 0 Å². The third-order valence-electron chi connectivity index (χ3n) is 2.90. The second kappa shape index (κ2) is 9.06. The largest absolute Gasteiger partial charge is 0.473 e. The Morgan fingerprint density at radius 1 is 1.08 bits per heavy atom. The van der Waals surface area contributed by atoms with Gasteiger partial charge in [0.2, 0.25) is 0 Å². The van der Waals surface area contributed by atoms with Crippen LogP contribution < -0.4 is 5.73 Å². The van der Waals surface area contributed by atoms with Crippen LogP contribution >= 0.6 is 0 Å². The second-order valence-electron chi connectivity index (χ2n) is 6.12. The molecular formula is C14H24N2O8. The van der Waals surface area contributed by atoms with E-state index in [2.05, 4.69) is 0 Å². The minimum Gasteiger partial charge on any atom is -0.473 e. The molecule has 0 spiro atoms. The number of likely N-dealkylation sites (tertiary alicyclic amines) is 1. The van der Waals surface area contributed by atoms with Crippen LogP contribution in [0.3, 0.4) is 0 Å². The van der Waals surface area contributed by atoms with Crippen LogP contribution in [0.25, 0.3) is 0 Å². The highest BCUT2D eigenvalue weighted by Crippen LogP contribution is 2.20. The fraction of sp³-hybridized carbons (Fsp3) is 0.714. The van der Waals surface area contributed by atoms with Gasteiger partial charge in [-0.1, -0.05) is 0 Å². The number of carbonyl (C=O) groups excluding carboxylic acids is 2. The number of carboxylic acid groups (broad SMARTS) is 2. The van der Waals surface area contributed by atoms with Gasteiger partial charge in [-0.3, -0.25) is 4.90 Å². The van der Waals surface area contributed by atoms with Gasteiger partial charge >= 0.3 is 24.0 Å². The number of amides is 1. The highest BCUT2D eigenvalue weighted by Gasteiger charge is 2.37. The Morgan fingerprint density at radius 3 is 1.96 bits per heavy atom. The Balaban J connectivity index is 0.000000754. The number of piperidine rings is 1. The zero-order valence-electron chi connectivity index (χ0n) is 14.1. The molecule has 1 heterocycles. The molecule has 1 saturated heterocycles. The fourth-order valence-electron chi connectivity index (χ4n) is 1.90. The number of nitrogens with zero attached hydrogens (tertiary/aromatic N) is 1. The molecule has 24 heavy (non-hydrogen) atoms. The zero-order valence-corrected chi connectivity index (χ0v) is 14.1. The van der Waals surface area contributed by atoms with Crippen LogP contribution in [-0.2, 0) is 23.9 Å². The van der Waals surface area contributed by atoms with Crippen molar-refractivity contribution in [3.8, 4) is 0 Å². The molecule has 138 valence electrons. The van der Waals surface area contributed by atoms with Gasteiger partial charge in [-0.05, 0) is 33.6 Å². The topological polar surface area (TPSA) is 156 Å². The van der Waals surface area contributed by atoms with Crippen LogP contribution in [0.1, 0.15) is 33.6 Å². The minimum absolute atomic E-state index is 0.126. The molecule has 0 aromatic heterocycles. The van der Waals surface area contributed by atoms with Crippen molar-refractivity contribution >= 4 is 24.0 Å². The lowest BCUT2D eigenvalue weighted by Crippen LogP contribution is -2.55. The lowest BCUT2D eigenvalue weighted by Gasteiger charge is -2.37. The summed E-state index contributed by atoms with van der Waals surface area (Å²) < 4.78 is 9.98. The predicted molar refractivity (Wildman–Crippen MR) is 81.2 cm³/mol. The molecule has 0 aromatic carbocycles. The first-order chi connectivity index (χ1) is 10.9. The molecule has 4 N–H and O–H groups in total. The van der Waals surface area contributed by atoms with E-state index in [-0.39, 0.29) is 6.04 Å². The molecule has 0 radical (unpaired) electrons. The zero-order chi connectivity index (χ0) is 19.1. The molecule has 10 heteroatoms. The average Bonchev–Trinajstić information content (AvgIpc) is 2.45. The number of carbonyl (C=O) groups is 4. The third-order valence-corrected chi connectivity index (χ3v) is 2.90. The van der Waals surface area contributed by atoms with Gasteiger partial charge in [-0.2, -0.15) is 0 Å². The van der Waals surface area contributed by atoms with Crippen molar-refractivity contribution in [3.63, 3.8) is 0 Å². The van der Waals surface area contributed by atoms with Crippen molar-refractivity contribution < 1.29 is 38.9 Å². The molecule has 1 aliphatic heterocycles. The quantitative estimate of drug-likeness (QED) is 0.439. The van der Waals surface area contributed by atoms with Gasteiger partial charge in [0.25, 0.3) is 0 Å². The van der Waals surface area contributed by atoms with Gasteiger partial charge in [0.15, 0.2) is 0 Å². The van der Waals surface area contributed by atoms with E-state index >= 15 is 0 Å². The van der Waals surface area contributed by atoms with E-state index in [9.17, 15) is 9.59 Å². The van der Waals surface area contributed by atoms with E-state index in [1.165, 1.54) is 12.0 Å². The molecule has 1 rings (SSSR count). The molecule has 2 unspecified atom stereocenters. The number of hydrogen-bond acceptors (Lipinski definition) is 7. The third kappa shape index (κ3) is 7.77. The van der Waals surface area contributed by atoms with Gasteiger partial charge in [-0.15, -0.1) is 0 Å². The molecule has 2 atom stereocenters. The van der Waals surface area contributed by atoms with Crippen LogP contribution in [0.15, 0.2) is 0 Å². The molecule has 0 aliphatic carbocycles. The van der Waals surface area contributed by atoms with E-state index in [1.54, 1.807) is 20.8 Å². The van der Waals surface area contributed by atoms with Crippen molar-refractivity contribution in [2.24, 2.45) is 5.73 Å². The van der Waals surface area contributed by atoms with Crippen LogP contribution in [0.2, 0.25) is 0 Å². The van der Waals surface area contributed by atoms with Gasteiger partial charge in [-0.25, -0.2) is 19.2 Å². The number of methoxy groups -OCH3 is 1. The van der Waals surface area contributed by atoms with E-state index in [0.717, 1.165) is 0 Å². The molecule has 0 aromatic rings. The van der Waals surface area contributed by atoms with Crippen molar-refractivity contribution in [2.75, 3.05) is 13.7 Å². The van der Waals surface area contributed by atoms with Crippen LogP contribution in [-0.4, -0.2) is 70.5 Å². The lowest BCUT2D eigenvalue weighted by molar-refractivity contribution is -0.159. The number of ether oxygens (including phenoxy) is 2. The maximum Gasteiger partial charge on any atom is 0.414 e. The molecule has 1 amide bonds. The van der Waals surface area contributed by atoms with Gasteiger partial charge in [0, 0.05) is 12.6 Å². The van der Waals surface area contributed by atoms with E-state index in [4.69, 9.17) is 35.0 Å². The minimum atomic E-state index is -1.82. The number of esters is 1. The Kier molecular flexibility index (Phi) is 8.17. The summed E-state index contributed by atoms with van der Waals surface area (Å²) in [4.78, 5) is 43.2. The van der Waals surface area contributed by atoms with Gasteiger partial charge in [0.1, 0.15) is 11.6 Å². The normalized spacial score (nSPS) is 20.3. The smallest absolute Gasteiger partial charge is 0.414 e. The summed E-state index contributed by atoms with van der Waals surface area (Å²) in [6.07, 6.45) is 0.680. The summed E-state index contributed by atoms with van der Waals surface area (Å²) in [7, 11) is 1.31. The van der Waals surface area contributed by atoms with E-state index < -0.39 is 35.6 Å². The molecule has 10 nitrogen and oxygen atoms in total. The molecule has 0 bridgehead atoms. The first-order valence-corrected chi connectivity index (χ1v) is 7.18. The summed E-state index contributed by atoms with van der Waals surface area (Å²) >= 11 is 0. The van der Waals surface area contributed by atoms with Crippen molar-refractivity contribution in [2.45, 2.75) is 51.3 Å². The standard InChI is InChI=1S/C12H22N2O4.C2H2O4/c1-12(2,3)18-11(16)14-7-8(13)5-6-9(14)10(15)17-4;3-1(4)2(5)6/h8-9H,5-7,13H2,1-4H3;(H,3,4)(H,5,6). The van der Waals surface area contributed by atoms with Gasteiger partial charge < -0.3 is 25.4 Å². The maximum atomic E-state index is 12.0. The molecule has 1 fully saturated rings. The summed E-state index contributed by atoms with van der Waals surface area (Å²) in [5.74, 6) is -4.07. The predicted octanol–water partition coefficient (Wildman–Crippen LogP) is 0.0418. The maximum absolute atomic E-state index is 12.0. The highest BCUT2D eigenvalue weighted by molar-refractivity contribution is 6.27. The summed E-state index contributed by atoms with van der Waals surface area (Å²) in [6.45, 7) is 5.65. The first kappa shape index (κ1) is 21.6. The molecule has 1 aliphatic rings. The van der Waals surface area contributed by atoms with Crippen molar-refractivity contribution in [1.29, 1.82) is 0 Å². The number of rotatable bonds is 1. The van der Waals surface area contributed by atoms with Crippen LogP contribution in [0.4, 0.5) is 4.79 Å². The Morgan fingerprint density at radius 2 is 1.58 bits per heavy atom. The van der Waals surface area contributed by atoms with Crippen LogP contribution in [0, 0.1) is 0 Å². The summed E-state index contributed by atoms with van der Waals surface area (Å²) in [6, 6.07) is -0.719. The number of carboxylic acids is 2. The lowest BCUT2D eigenvalue weighted by atomic mass is 9.99. The monoisotopic (exact) mass is 348 g/mol. The molecule has 0 saturated carbocycles. The summed E-state index contributed by atoms with van der Waals surface area (Å²) in [5, 5.41) is 14.8. The Bertz CT molecular complexity index is 474. The number of nitrogens with two attached hydrogens (primary N) is 1. The Hall–Kier alpha value is -2.36.